The average Bonchev–Trinajstić information content (AvgIpc) is 3.41. The Morgan fingerprint density at radius 2 is 1.13 bits per heavy atom. The van der Waals surface area contributed by atoms with Crippen molar-refractivity contribution in [2.75, 3.05) is 19.8 Å². The fraction of sp³-hybridized carbons (Fsp3) is 0.268. The van der Waals surface area contributed by atoms with Crippen LogP contribution in [0.2, 0.25) is 0 Å². The zero-order valence-electron chi connectivity index (χ0n) is 26.7. The Balaban J connectivity index is 1.46. The van der Waals surface area contributed by atoms with Crippen LogP contribution < -0.4 is 9.47 Å². The smallest absolute Gasteiger partial charge is 0.330 e. The third-order valence-electron chi connectivity index (χ3n) is 9.00. The molecule has 0 bridgehead atoms. The average molecular weight is 615 g/mol. The van der Waals surface area contributed by atoms with Crippen molar-refractivity contribution in [2.45, 2.75) is 38.5 Å². The summed E-state index contributed by atoms with van der Waals surface area (Å²) in [5, 5.41) is 0. The van der Waals surface area contributed by atoms with Crippen LogP contribution in [-0.2, 0) is 19.7 Å². The molecule has 5 rings (SSSR count). The van der Waals surface area contributed by atoms with E-state index in [0.717, 1.165) is 35.5 Å². The highest BCUT2D eigenvalue weighted by Crippen LogP contribution is 2.56. The summed E-state index contributed by atoms with van der Waals surface area (Å²) >= 11 is 0. The molecule has 0 aromatic heterocycles. The molecule has 1 aliphatic carbocycles. The van der Waals surface area contributed by atoms with Gasteiger partial charge in [-0.05, 0) is 82.5 Å². The number of ketones is 1. The quantitative estimate of drug-likeness (QED) is 0.0822. The molecule has 0 aliphatic heterocycles. The van der Waals surface area contributed by atoms with Crippen molar-refractivity contribution in [3.05, 3.63) is 145 Å². The van der Waals surface area contributed by atoms with Crippen LogP contribution in [0.25, 0.3) is 11.1 Å². The molecule has 0 saturated carbocycles. The lowest BCUT2D eigenvalue weighted by Crippen LogP contribution is -2.28. The summed E-state index contributed by atoms with van der Waals surface area (Å²) in [6.45, 7) is 12.4. The van der Waals surface area contributed by atoms with E-state index in [2.05, 4.69) is 99.8 Å². The van der Waals surface area contributed by atoms with Crippen LogP contribution in [0.1, 0.15) is 55.4 Å². The molecule has 4 aromatic carbocycles. The van der Waals surface area contributed by atoms with Crippen molar-refractivity contribution in [2.24, 2.45) is 11.8 Å². The molecule has 5 nitrogen and oxygen atoms in total. The molecule has 4 aromatic rings. The van der Waals surface area contributed by atoms with E-state index < -0.39 is 11.4 Å². The third kappa shape index (κ3) is 6.69. The Labute approximate surface area is 272 Å². The van der Waals surface area contributed by atoms with E-state index in [1.807, 2.05) is 24.3 Å². The second-order valence-corrected chi connectivity index (χ2v) is 11.8. The highest BCUT2D eigenvalue weighted by atomic mass is 16.5. The standard InChI is InChI=1S/C41H42O5/c1-5-29(25-33(42)7-3)26-44-34-21-17-31(18-22-34)41(38-15-11-9-13-36(38)37-14-10-12-16-39(37)41)32-19-23-35(24-20-32)45-27-30(6-2)28-46-40(43)8-4/h7-24,29-30H,3-6,25-28H2,1-2H3. The van der Waals surface area contributed by atoms with Crippen LogP contribution >= 0.6 is 0 Å². The van der Waals surface area contributed by atoms with Crippen molar-refractivity contribution in [1.29, 1.82) is 0 Å². The first kappa shape index (κ1) is 32.5. The number of hydrogen-bond acceptors (Lipinski definition) is 5. The summed E-state index contributed by atoms with van der Waals surface area (Å²) in [4.78, 5) is 23.4. The van der Waals surface area contributed by atoms with Crippen molar-refractivity contribution in [1.82, 2.24) is 0 Å². The summed E-state index contributed by atoms with van der Waals surface area (Å²) in [6, 6.07) is 34.0. The molecular weight excluding hydrogens is 572 g/mol. The Kier molecular flexibility index (Phi) is 10.5. The summed E-state index contributed by atoms with van der Waals surface area (Å²) in [5.41, 5.74) is 6.61. The number of allylic oxidation sites excluding steroid dienone is 1. The molecule has 0 saturated heterocycles. The van der Waals surface area contributed by atoms with Crippen molar-refractivity contribution < 1.29 is 23.8 Å². The number of benzene rings is 4. The molecule has 0 amide bonds. The number of hydrogen-bond donors (Lipinski definition) is 0. The van der Waals surface area contributed by atoms with Gasteiger partial charge in [0, 0.05) is 18.4 Å². The van der Waals surface area contributed by atoms with Crippen molar-refractivity contribution in [3.63, 3.8) is 0 Å². The van der Waals surface area contributed by atoms with E-state index in [1.165, 1.54) is 34.4 Å². The fourth-order valence-electron chi connectivity index (χ4n) is 6.29. The number of rotatable bonds is 16. The van der Waals surface area contributed by atoms with Gasteiger partial charge in [-0.15, -0.1) is 0 Å². The van der Waals surface area contributed by atoms with Gasteiger partial charge in [0.1, 0.15) is 11.5 Å². The molecule has 2 unspecified atom stereocenters. The third-order valence-corrected chi connectivity index (χ3v) is 9.00. The van der Waals surface area contributed by atoms with Gasteiger partial charge in [0.05, 0.1) is 25.2 Å². The molecule has 1 aliphatic rings. The van der Waals surface area contributed by atoms with Gasteiger partial charge in [-0.1, -0.05) is 99.8 Å². The van der Waals surface area contributed by atoms with Gasteiger partial charge in [-0.25, -0.2) is 4.79 Å². The second kappa shape index (κ2) is 14.9. The van der Waals surface area contributed by atoms with E-state index in [1.54, 1.807) is 0 Å². The SMILES string of the molecule is C=CC(=O)CC(CC)COc1ccc(C2(c3ccc(OCC(CC)COC(=O)C=C)cc3)c3ccccc3-c3ccccc32)cc1. The second-order valence-electron chi connectivity index (χ2n) is 11.8. The first-order valence-electron chi connectivity index (χ1n) is 16.0. The Morgan fingerprint density at radius 3 is 1.59 bits per heavy atom. The molecular formula is C41H42O5. The topological polar surface area (TPSA) is 61.8 Å². The zero-order valence-corrected chi connectivity index (χ0v) is 26.7. The van der Waals surface area contributed by atoms with Crippen LogP contribution in [0.3, 0.4) is 0 Å². The Bertz CT molecular complexity index is 1620. The predicted octanol–water partition coefficient (Wildman–Crippen LogP) is 8.73. The van der Waals surface area contributed by atoms with Crippen LogP contribution in [-0.4, -0.2) is 31.6 Å². The van der Waals surface area contributed by atoms with E-state index in [0.29, 0.717) is 26.2 Å². The van der Waals surface area contributed by atoms with Crippen molar-refractivity contribution in [3.8, 4) is 22.6 Å². The Morgan fingerprint density at radius 1 is 0.652 bits per heavy atom. The van der Waals surface area contributed by atoms with E-state index in [-0.39, 0.29) is 17.6 Å². The number of ether oxygens (including phenoxy) is 3. The van der Waals surface area contributed by atoms with E-state index in [4.69, 9.17) is 14.2 Å². The molecule has 0 radical (unpaired) electrons. The molecule has 236 valence electrons. The molecule has 5 heteroatoms. The number of carbonyl (C=O) groups is 2. The van der Waals surface area contributed by atoms with Gasteiger partial charge >= 0.3 is 5.97 Å². The largest absolute Gasteiger partial charge is 0.493 e. The fourth-order valence-corrected chi connectivity index (χ4v) is 6.29. The molecule has 0 N–H and O–H groups in total. The summed E-state index contributed by atoms with van der Waals surface area (Å²) < 4.78 is 17.6. The molecule has 46 heavy (non-hydrogen) atoms. The molecule has 0 fully saturated rings. The lowest BCUT2D eigenvalue weighted by molar-refractivity contribution is -0.139. The van der Waals surface area contributed by atoms with Crippen LogP contribution in [0.5, 0.6) is 11.5 Å². The predicted molar refractivity (Wildman–Crippen MR) is 183 cm³/mol. The number of carbonyl (C=O) groups excluding carboxylic acids is 2. The first-order valence-corrected chi connectivity index (χ1v) is 16.0. The van der Waals surface area contributed by atoms with E-state index >= 15 is 0 Å². The highest BCUT2D eigenvalue weighted by Gasteiger charge is 2.45. The molecule has 0 heterocycles. The zero-order chi connectivity index (χ0) is 32.5. The van der Waals surface area contributed by atoms with Gasteiger partial charge in [0.15, 0.2) is 5.78 Å². The maximum absolute atomic E-state index is 11.9. The van der Waals surface area contributed by atoms with Crippen LogP contribution in [0.15, 0.2) is 122 Å². The number of fused-ring (bicyclic) bond motifs is 3. The van der Waals surface area contributed by atoms with E-state index in [9.17, 15) is 9.59 Å². The summed E-state index contributed by atoms with van der Waals surface area (Å²) in [7, 11) is 0. The minimum atomic E-state index is -0.544. The van der Waals surface area contributed by atoms with Gasteiger partial charge in [-0.3, -0.25) is 4.79 Å². The lowest BCUT2D eigenvalue weighted by atomic mass is 9.68. The lowest BCUT2D eigenvalue weighted by Gasteiger charge is -2.34. The normalized spacial score (nSPS) is 13.9. The van der Waals surface area contributed by atoms with Gasteiger partial charge < -0.3 is 14.2 Å². The maximum atomic E-state index is 11.9. The monoisotopic (exact) mass is 614 g/mol. The molecule has 0 spiro atoms. The molecule has 2 atom stereocenters. The number of esters is 1. The van der Waals surface area contributed by atoms with Gasteiger partial charge in [-0.2, -0.15) is 0 Å². The Hall–Kier alpha value is -4.90. The maximum Gasteiger partial charge on any atom is 0.330 e. The van der Waals surface area contributed by atoms with Crippen LogP contribution in [0, 0.1) is 11.8 Å². The van der Waals surface area contributed by atoms with Gasteiger partial charge in [0.2, 0.25) is 0 Å². The van der Waals surface area contributed by atoms with Crippen molar-refractivity contribution >= 4 is 11.8 Å². The minimum Gasteiger partial charge on any atom is -0.493 e. The van der Waals surface area contributed by atoms with Crippen LogP contribution in [0.4, 0.5) is 0 Å². The minimum absolute atomic E-state index is 0.0435. The summed E-state index contributed by atoms with van der Waals surface area (Å²) in [5.74, 6) is 1.38. The highest BCUT2D eigenvalue weighted by molar-refractivity contribution is 5.89. The summed E-state index contributed by atoms with van der Waals surface area (Å²) in [6.07, 6.45) is 4.69. The first-order chi connectivity index (χ1) is 22.4. The van der Waals surface area contributed by atoms with Gasteiger partial charge in [0.25, 0.3) is 0 Å².